The number of nitrogens with two attached hydrogens (primary N) is 4. The standard InChI is InChI=1S/C26H28N10O2/c1-26(2,31)12-11-17-22-18(14-21(32-17)37-19(15-27)16-8-4-3-5-9-16)36(13-7-6-10-20(28)29)25(33-22)23-24(30)35-38-34-23/h3-5,8-9,14,19H,7,13,15,27,31H2,1-2H3,(H3,28,29)(H2,30,35)/t19-/m0/s1. The summed E-state index contributed by atoms with van der Waals surface area (Å²) in [5.74, 6) is 12.0. The van der Waals surface area contributed by atoms with Crippen molar-refractivity contribution in [1.29, 1.82) is 5.41 Å². The summed E-state index contributed by atoms with van der Waals surface area (Å²) < 4.78 is 12.9. The van der Waals surface area contributed by atoms with Crippen molar-refractivity contribution >= 4 is 22.7 Å². The van der Waals surface area contributed by atoms with Gasteiger partial charge in [-0.15, -0.1) is 0 Å². The minimum atomic E-state index is -0.775. The number of aromatic nitrogens is 5. The Morgan fingerprint density at radius 3 is 2.61 bits per heavy atom. The van der Waals surface area contributed by atoms with Crippen LogP contribution < -0.4 is 27.7 Å². The number of nitrogens with one attached hydrogen (secondary N) is 1. The second-order valence-electron chi connectivity index (χ2n) is 8.95. The largest absolute Gasteiger partial charge is 0.468 e. The van der Waals surface area contributed by atoms with E-state index in [9.17, 15) is 0 Å². The molecule has 0 aliphatic heterocycles. The number of hydrogen-bond donors (Lipinski definition) is 5. The number of imidazole rings is 1. The first-order valence-electron chi connectivity index (χ1n) is 11.7. The van der Waals surface area contributed by atoms with Crippen molar-refractivity contribution in [3.63, 3.8) is 0 Å². The summed E-state index contributed by atoms with van der Waals surface area (Å²) in [5.41, 5.74) is 25.4. The molecule has 4 aromatic rings. The van der Waals surface area contributed by atoms with Gasteiger partial charge in [0.2, 0.25) is 5.88 Å². The summed E-state index contributed by atoms with van der Waals surface area (Å²) in [6.07, 6.45) is -0.0887. The number of hydrogen-bond acceptors (Lipinski definition) is 10. The molecule has 0 radical (unpaired) electrons. The van der Waals surface area contributed by atoms with Gasteiger partial charge in [-0.1, -0.05) is 42.2 Å². The van der Waals surface area contributed by atoms with Crippen LogP contribution in [-0.2, 0) is 6.54 Å². The molecule has 0 amide bonds. The molecular formula is C26H28N10O2. The summed E-state index contributed by atoms with van der Waals surface area (Å²) in [6, 6.07) is 11.4. The number of anilines is 1. The fourth-order valence-electron chi connectivity index (χ4n) is 3.62. The highest BCUT2D eigenvalue weighted by Crippen LogP contribution is 2.31. The van der Waals surface area contributed by atoms with E-state index in [0.29, 0.717) is 41.4 Å². The zero-order chi connectivity index (χ0) is 27.3. The van der Waals surface area contributed by atoms with Crippen LogP contribution in [0.5, 0.6) is 5.88 Å². The van der Waals surface area contributed by atoms with Crippen LogP contribution >= 0.6 is 0 Å². The third-order valence-corrected chi connectivity index (χ3v) is 5.27. The molecular weight excluding hydrogens is 484 g/mol. The number of fused-ring (bicyclic) bond motifs is 1. The summed E-state index contributed by atoms with van der Waals surface area (Å²) in [7, 11) is 0. The smallest absolute Gasteiger partial charge is 0.217 e. The minimum absolute atomic E-state index is 0.0730. The van der Waals surface area contributed by atoms with E-state index in [1.807, 2.05) is 34.9 Å². The topological polar surface area (TPSA) is 207 Å². The van der Waals surface area contributed by atoms with Gasteiger partial charge in [-0.25, -0.2) is 14.6 Å². The molecule has 0 bridgehead atoms. The predicted octanol–water partition coefficient (Wildman–Crippen LogP) is 1.56. The molecule has 12 heteroatoms. The van der Waals surface area contributed by atoms with E-state index in [0.717, 1.165) is 5.56 Å². The SMILES string of the molecule is CC(C)(N)C#Cc1nc(O[C@@H](CN)c2ccccc2)cc2c1nc(-c1nonc1N)n2CCC#CC(=N)N. The first-order valence-corrected chi connectivity index (χ1v) is 11.7. The van der Waals surface area contributed by atoms with E-state index in [1.54, 1.807) is 19.9 Å². The van der Waals surface area contributed by atoms with Gasteiger partial charge in [-0.2, -0.15) is 0 Å². The van der Waals surface area contributed by atoms with Crippen LogP contribution in [0.2, 0.25) is 0 Å². The fraction of sp³-hybridized carbons (Fsp3) is 0.269. The molecule has 0 saturated heterocycles. The lowest BCUT2D eigenvalue weighted by Gasteiger charge is -2.17. The van der Waals surface area contributed by atoms with Gasteiger partial charge in [0.25, 0.3) is 0 Å². The van der Waals surface area contributed by atoms with Crippen molar-refractivity contribution < 1.29 is 9.37 Å². The second-order valence-corrected chi connectivity index (χ2v) is 8.95. The molecule has 0 aliphatic rings. The van der Waals surface area contributed by atoms with Gasteiger partial charge in [0, 0.05) is 25.6 Å². The summed E-state index contributed by atoms with van der Waals surface area (Å²) in [6.45, 7) is 4.16. The monoisotopic (exact) mass is 512 g/mol. The Bertz CT molecular complexity index is 1580. The lowest BCUT2D eigenvalue weighted by atomic mass is 10.1. The Hall–Kier alpha value is -4.91. The van der Waals surface area contributed by atoms with Crippen molar-refractivity contribution in [2.45, 2.75) is 38.5 Å². The van der Waals surface area contributed by atoms with E-state index in [-0.39, 0.29) is 23.9 Å². The van der Waals surface area contributed by atoms with Crippen LogP contribution in [0.25, 0.3) is 22.6 Å². The molecule has 1 atom stereocenters. The number of nitrogens with zero attached hydrogens (tertiary/aromatic N) is 5. The Morgan fingerprint density at radius 2 is 1.97 bits per heavy atom. The molecule has 3 aromatic heterocycles. The van der Waals surface area contributed by atoms with Gasteiger partial charge in [0.1, 0.15) is 17.3 Å². The Balaban J connectivity index is 1.90. The van der Waals surface area contributed by atoms with Gasteiger partial charge in [0.15, 0.2) is 23.2 Å². The average molecular weight is 513 g/mol. The molecule has 0 spiro atoms. The third kappa shape index (κ3) is 6.07. The third-order valence-electron chi connectivity index (χ3n) is 5.27. The Morgan fingerprint density at radius 1 is 1.21 bits per heavy atom. The summed E-state index contributed by atoms with van der Waals surface area (Å²) in [5, 5.41) is 15.0. The van der Waals surface area contributed by atoms with E-state index in [2.05, 4.69) is 39.0 Å². The number of ether oxygens (including phenoxy) is 1. The van der Waals surface area contributed by atoms with E-state index in [1.165, 1.54) is 0 Å². The molecule has 0 fully saturated rings. The van der Waals surface area contributed by atoms with Gasteiger partial charge < -0.3 is 32.2 Å². The molecule has 194 valence electrons. The normalized spacial score (nSPS) is 11.8. The highest BCUT2D eigenvalue weighted by Gasteiger charge is 2.23. The molecule has 0 aliphatic carbocycles. The van der Waals surface area contributed by atoms with Crippen molar-refractivity contribution in [3.05, 3.63) is 47.7 Å². The maximum absolute atomic E-state index is 7.35. The van der Waals surface area contributed by atoms with Crippen LogP contribution in [0.1, 0.15) is 37.6 Å². The van der Waals surface area contributed by atoms with Gasteiger partial charge in [-0.05, 0) is 41.6 Å². The first-order chi connectivity index (χ1) is 18.2. The van der Waals surface area contributed by atoms with E-state index >= 15 is 0 Å². The van der Waals surface area contributed by atoms with Crippen molar-refractivity contribution in [2.75, 3.05) is 12.3 Å². The predicted molar refractivity (Wildman–Crippen MR) is 144 cm³/mol. The van der Waals surface area contributed by atoms with Crippen molar-refractivity contribution in [3.8, 4) is 41.1 Å². The van der Waals surface area contributed by atoms with Crippen LogP contribution in [0, 0.1) is 29.1 Å². The second kappa shape index (κ2) is 11.0. The number of pyridine rings is 1. The highest BCUT2D eigenvalue weighted by atomic mass is 16.6. The maximum Gasteiger partial charge on any atom is 0.217 e. The average Bonchev–Trinajstić information content (AvgIpc) is 3.46. The number of nitrogen functional groups attached to an aromatic ring is 1. The molecule has 4 rings (SSSR count). The number of amidine groups is 1. The zero-order valence-corrected chi connectivity index (χ0v) is 21.0. The van der Waals surface area contributed by atoms with Crippen LogP contribution in [0.4, 0.5) is 5.82 Å². The number of rotatable bonds is 7. The first kappa shape index (κ1) is 26.2. The summed E-state index contributed by atoms with van der Waals surface area (Å²) >= 11 is 0. The number of aryl methyl sites for hydroxylation is 1. The molecule has 1 aromatic carbocycles. The van der Waals surface area contributed by atoms with Gasteiger partial charge in [-0.3, -0.25) is 5.41 Å². The highest BCUT2D eigenvalue weighted by molar-refractivity contribution is 5.94. The maximum atomic E-state index is 7.35. The molecule has 9 N–H and O–H groups in total. The van der Waals surface area contributed by atoms with E-state index in [4.69, 9.17) is 42.7 Å². The van der Waals surface area contributed by atoms with Crippen molar-refractivity contribution in [2.24, 2.45) is 17.2 Å². The summed E-state index contributed by atoms with van der Waals surface area (Å²) in [4.78, 5) is 9.40. The van der Waals surface area contributed by atoms with E-state index < -0.39 is 11.6 Å². The molecule has 38 heavy (non-hydrogen) atoms. The minimum Gasteiger partial charge on any atom is -0.468 e. The Labute approximate surface area is 219 Å². The van der Waals surface area contributed by atoms with Crippen LogP contribution in [0.3, 0.4) is 0 Å². The molecule has 0 saturated carbocycles. The van der Waals surface area contributed by atoms with Gasteiger partial charge in [0.05, 0.1) is 11.1 Å². The van der Waals surface area contributed by atoms with Crippen LogP contribution in [-0.4, -0.2) is 42.8 Å². The molecule has 3 heterocycles. The zero-order valence-electron chi connectivity index (χ0n) is 21.0. The van der Waals surface area contributed by atoms with Crippen LogP contribution in [0.15, 0.2) is 41.0 Å². The quantitative estimate of drug-likeness (QED) is 0.137. The fourth-order valence-corrected chi connectivity index (χ4v) is 3.62. The number of benzene rings is 1. The molecule has 0 unspecified atom stereocenters. The Kier molecular flexibility index (Phi) is 7.58. The lowest BCUT2D eigenvalue weighted by Crippen LogP contribution is -2.29. The molecule has 12 nitrogen and oxygen atoms in total. The lowest BCUT2D eigenvalue weighted by molar-refractivity contribution is 0.205. The van der Waals surface area contributed by atoms with Gasteiger partial charge >= 0.3 is 0 Å². The van der Waals surface area contributed by atoms with Crippen molar-refractivity contribution in [1.82, 2.24) is 24.8 Å².